The molecule has 0 unspecified atom stereocenters. The lowest BCUT2D eigenvalue weighted by Crippen LogP contribution is -2.31. The molecule has 7 nitrogen and oxygen atoms in total. The van der Waals surface area contributed by atoms with Crippen molar-refractivity contribution >= 4 is 33.0 Å². The van der Waals surface area contributed by atoms with Crippen LogP contribution in [-0.2, 0) is 14.8 Å². The maximum Gasteiger partial charge on any atom is 0.273 e. The number of sulfonamides is 1. The molecule has 2 rings (SSSR count). The van der Waals surface area contributed by atoms with Gasteiger partial charge < -0.3 is 15.4 Å². The van der Waals surface area contributed by atoms with Crippen molar-refractivity contribution in [2.24, 2.45) is 0 Å². The molecule has 0 fully saturated rings. The van der Waals surface area contributed by atoms with E-state index < -0.39 is 10.0 Å². The molecule has 0 aliphatic carbocycles. The number of hydrogen-bond donors (Lipinski definition) is 2. The third kappa shape index (κ3) is 5.45. The van der Waals surface area contributed by atoms with Gasteiger partial charge in [-0.2, -0.15) is 0 Å². The van der Waals surface area contributed by atoms with Crippen LogP contribution in [0.25, 0.3) is 0 Å². The highest BCUT2D eigenvalue weighted by Gasteiger charge is 2.22. The van der Waals surface area contributed by atoms with Gasteiger partial charge in [-0.3, -0.25) is 9.10 Å². The number of nitrogens with zero attached hydrogens (tertiary/aromatic N) is 1. The zero-order valence-electron chi connectivity index (χ0n) is 14.8. The van der Waals surface area contributed by atoms with Crippen LogP contribution in [0.1, 0.15) is 6.42 Å². The number of benzene rings is 1. The van der Waals surface area contributed by atoms with Gasteiger partial charge in [0.25, 0.3) is 15.9 Å². The Hall–Kier alpha value is -2.10. The van der Waals surface area contributed by atoms with Crippen LogP contribution in [0.15, 0.2) is 46.0 Å². The summed E-state index contributed by atoms with van der Waals surface area (Å²) in [7, 11) is -0.198. The highest BCUT2D eigenvalue weighted by atomic mass is 32.2. The van der Waals surface area contributed by atoms with Crippen molar-refractivity contribution in [2.45, 2.75) is 10.6 Å². The lowest BCUT2D eigenvalue weighted by molar-refractivity contribution is -0.123. The zero-order chi connectivity index (χ0) is 19.0. The molecule has 142 valence electrons. The van der Waals surface area contributed by atoms with Crippen LogP contribution in [0.3, 0.4) is 0 Å². The normalized spacial score (nSPS) is 11.2. The van der Waals surface area contributed by atoms with Crippen LogP contribution < -0.4 is 19.7 Å². The standard InChI is InChI=1S/C17H23N3O4S2/c1-18-10-4-11-19-16(21)13-24-15-8-6-14(7-9-15)20(2)26(22,23)17-5-3-12-25-17/h3,5-9,12,18H,4,10-11,13H2,1-2H3,(H,19,21). The van der Waals surface area contributed by atoms with Crippen molar-refractivity contribution in [1.29, 1.82) is 0 Å². The number of hydrogen-bond acceptors (Lipinski definition) is 6. The third-order valence-electron chi connectivity index (χ3n) is 3.61. The number of thiophene rings is 1. The van der Waals surface area contributed by atoms with Crippen molar-refractivity contribution in [3.8, 4) is 5.75 Å². The van der Waals surface area contributed by atoms with Crippen LogP contribution in [-0.4, -0.2) is 48.1 Å². The van der Waals surface area contributed by atoms with Crippen LogP contribution in [0.4, 0.5) is 5.69 Å². The van der Waals surface area contributed by atoms with E-state index in [1.807, 2.05) is 7.05 Å². The summed E-state index contributed by atoms with van der Waals surface area (Å²) in [6, 6.07) is 9.85. The molecule has 0 saturated heterocycles. The molecule has 9 heteroatoms. The predicted octanol–water partition coefficient (Wildman–Crippen LogP) is 1.68. The molecule has 0 aliphatic heterocycles. The van der Waals surface area contributed by atoms with E-state index in [1.165, 1.54) is 22.7 Å². The van der Waals surface area contributed by atoms with Gasteiger partial charge in [0.15, 0.2) is 6.61 Å². The molecule has 0 aliphatic rings. The summed E-state index contributed by atoms with van der Waals surface area (Å²) in [5, 5.41) is 7.49. The highest BCUT2D eigenvalue weighted by molar-refractivity contribution is 7.94. The Balaban J connectivity index is 1.89. The Morgan fingerprint density at radius 3 is 2.54 bits per heavy atom. The summed E-state index contributed by atoms with van der Waals surface area (Å²) >= 11 is 1.17. The Bertz CT molecular complexity index is 790. The second-order valence-corrected chi connectivity index (χ2v) is 8.64. The topological polar surface area (TPSA) is 87.7 Å². The monoisotopic (exact) mass is 397 g/mol. The molecule has 1 aromatic carbocycles. The van der Waals surface area contributed by atoms with E-state index in [0.717, 1.165) is 13.0 Å². The first kappa shape index (κ1) is 20.2. The van der Waals surface area contributed by atoms with Gasteiger partial charge in [0, 0.05) is 13.6 Å². The summed E-state index contributed by atoms with van der Waals surface area (Å²) in [4.78, 5) is 11.7. The van der Waals surface area contributed by atoms with E-state index in [9.17, 15) is 13.2 Å². The fourth-order valence-electron chi connectivity index (χ4n) is 2.13. The summed E-state index contributed by atoms with van der Waals surface area (Å²) in [5.74, 6) is 0.309. The van der Waals surface area contributed by atoms with Crippen LogP contribution in [0.2, 0.25) is 0 Å². The lowest BCUT2D eigenvalue weighted by atomic mass is 10.3. The van der Waals surface area contributed by atoms with E-state index in [4.69, 9.17) is 4.74 Å². The van der Waals surface area contributed by atoms with Crippen molar-refractivity contribution in [1.82, 2.24) is 10.6 Å². The molecule has 2 aromatic rings. The highest BCUT2D eigenvalue weighted by Crippen LogP contribution is 2.26. The van der Waals surface area contributed by atoms with Crippen molar-refractivity contribution in [3.63, 3.8) is 0 Å². The number of carbonyl (C=O) groups excluding carboxylic acids is 1. The summed E-state index contributed by atoms with van der Waals surface area (Å²) in [5.41, 5.74) is 0.516. The fraction of sp³-hybridized carbons (Fsp3) is 0.353. The molecule has 0 saturated carbocycles. The fourth-order valence-corrected chi connectivity index (χ4v) is 4.49. The lowest BCUT2D eigenvalue weighted by Gasteiger charge is -2.18. The molecular weight excluding hydrogens is 374 g/mol. The van der Waals surface area contributed by atoms with Gasteiger partial charge in [-0.1, -0.05) is 6.07 Å². The van der Waals surface area contributed by atoms with Crippen molar-refractivity contribution in [2.75, 3.05) is 38.1 Å². The van der Waals surface area contributed by atoms with Gasteiger partial charge in [0.1, 0.15) is 9.96 Å². The molecule has 1 heterocycles. The molecule has 1 amide bonds. The Morgan fingerprint density at radius 2 is 1.92 bits per heavy atom. The minimum atomic E-state index is -3.56. The van der Waals surface area contributed by atoms with Gasteiger partial charge in [0.2, 0.25) is 0 Å². The Labute approximate surface area is 158 Å². The molecule has 0 radical (unpaired) electrons. The number of rotatable bonds is 10. The van der Waals surface area contributed by atoms with Gasteiger partial charge in [-0.05, 0) is 55.7 Å². The molecule has 26 heavy (non-hydrogen) atoms. The van der Waals surface area contributed by atoms with Gasteiger partial charge in [0.05, 0.1) is 5.69 Å². The smallest absolute Gasteiger partial charge is 0.273 e. The van der Waals surface area contributed by atoms with Gasteiger partial charge in [-0.25, -0.2) is 8.42 Å². The van der Waals surface area contributed by atoms with E-state index >= 15 is 0 Å². The first-order valence-corrected chi connectivity index (χ1v) is 10.4. The predicted molar refractivity (Wildman–Crippen MR) is 103 cm³/mol. The van der Waals surface area contributed by atoms with E-state index in [2.05, 4.69) is 10.6 Å². The second-order valence-electron chi connectivity index (χ2n) is 5.49. The maximum atomic E-state index is 12.5. The van der Waals surface area contributed by atoms with Gasteiger partial charge in [-0.15, -0.1) is 11.3 Å². The molecule has 0 bridgehead atoms. The number of ether oxygens (including phenoxy) is 1. The number of anilines is 1. The van der Waals surface area contributed by atoms with Crippen molar-refractivity contribution < 1.29 is 17.9 Å². The minimum Gasteiger partial charge on any atom is -0.484 e. The Kier molecular flexibility index (Phi) is 7.43. The summed E-state index contributed by atoms with van der Waals surface area (Å²) in [6.45, 7) is 1.35. The molecule has 2 N–H and O–H groups in total. The van der Waals surface area contributed by atoms with E-state index in [-0.39, 0.29) is 16.7 Å². The third-order valence-corrected chi connectivity index (χ3v) is 6.76. The molecule has 0 atom stereocenters. The summed E-state index contributed by atoms with van der Waals surface area (Å²) in [6.07, 6.45) is 0.849. The zero-order valence-corrected chi connectivity index (χ0v) is 16.4. The minimum absolute atomic E-state index is 0.0811. The van der Waals surface area contributed by atoms with Crippen molar-refractivity contribution in [3.05, 3.63) is 41.8 Å². The number of carbonyl (C=O) groups is 1. The largest absolute Gasteiger partial charge is 0.484 e. The quantitative estimate of drug-likeness (QED) is 0.596. The van der Waals surface area contributed by atoms with Gasteiger partial charge >= 0.3 is 0 Å². The summed E-state index contributed by atoms with van der Waals surface area (Å²) < 4.78 is 31.9. The molecule has 0 spiro atoms. The SMILES string of the molecule is CNCCCNC(=O)COc1ccc(N(C)S(=O)(=O)c2cccs2)cc1. The average molecular weight is 398 g/mol. The van der Waals surface area contributed by atoms with E-state index in [0.29, 0.717) is 18.0 Å². The van der Waals surface area contributed by atoms with Crippen LogP contribution in [0, 0.1) is 0 Å². The molecule has 1 aromatic heterocycles. The second kappa shape index (κ2) is 9.56. The van der Waals surface area contributed by atoms with Crippen LogP contribution >= 0.6 is 11.3 Å². The molecular formula is C17H23N3O4S2. The first-order chi connectivity index (χ1) is 12.4. The maximum absolute atomic E-state index is 12.5. The average Bonchev–Trinajstić information content (AvgIpc) is 3.19. The number of amides is 1. The van der Waals surface area contributed by atoms with Crippen LogP contribution in [0.5, 0.6) is 5.75 Å². The van der Waals surface area contributed by atoms with E-state index in [1.54, 1.807) is 41.8 Å². The first-order valence-electron chi connectivity index (χ1n) is 8.11. The Morgan fingerprint density at radius 1 is 1.19 bits per heavy atom. The number of nitrogens with one attached hydrogen (secondary N) is 2.